The average molecular weight is 386 g/mol. The van der Waals surface area contributed by atoms with Gasteiger partial charge in [-0.25, -0.2) is 0 Å². The highest BCUT2D eigenvalue weighted by Gasteiger charge is 2.10. The van der Waals surface area contributed by atoms with Crippen LogP contribution in [0.15, 0.2) is 24.3 Å². The van der Waals surface area contributed by atoms with Crippen LogP contribution in [0.25, 0.3) is 0 Å². The summed E-state index contributed by atoms with van der Waals surface area (Å²) in [6.45, 7) is 1.06. The van der Waals surface area contributed by atoms with Crippen molar-refractivity contribution >= 4 is 31.8 Å². The Bertz CT molecular complexity index is 650. The minimum Gasteiger partial charge on any atom is -0.294 e. The maximum absolute atomic E-state index is 11.0. The number of hydrogen-bond acceptors (Lipinski definition) is 7. The molecule has 0 spiro atoms. The lowest BCUT2D eigenvalue weighted by atomic mass is 10.2. The molecule has 0 atom stereocenters. The third-order valence-corrected chi connectivity index (χ3v) is 4.17. The van der Waals surface area contributed by atoms with Crippen molar-refractivity contribution in [1.29, 1.82) is 0 Å². The Kier molecular flexibility index (Phi) is 7.91. The number of halogens is 1. The molecule has 0 saturated heterocycles. The molecule has 0 aliphatic carbocycles. The van der Waals surface area contributed by atoms with Gasteiger partial charge in [0.05, 0.1) is 25.7 Å². The first kappa shape index (κ1) is 20.3. The van der Waals surface area contributed by atoms with Gasteiger partial charge < -0.3 is 0 Å². The van der Waals surface area contributed by atoms with E-state index in [2.05, 4.69) is 0 Å². The van der Waals surface area contributed by atoms with Crippen LogP contribution in [0.1, 0.15) is 5.56 Å². The summed E-state index contributed by atoms with van der Waals surface area (Å²) >= 11 is 5.83. The summed E-state index contributed by atoms with van der Waals surface area (Å²) in [5.74, 6) is 0. The molecule has 0 amide bonds. The van der Waals surface area contributed by atoms with Gasteiger partial charge in [-0.15, -0.1) is 0 Å². The summed E-state index contributed by atoms with van der Waals surface area (Å²) in [6, 6.07) is 7.17. The molecule has 23 heavy (non-hydrogen) atoms. The topological polar surface area (TPSA) is 90.0 Å². The molecular formula is C13H20ClNO6S2. The summed E-state index contributed by atoms with van der Waals surface area (Å²) in [7, 11) is -7.03. The van der Waals surface area contributed by atoms with Crippen LogP contribution in [-0.2, 0) is 35.1 Å². The predicted octanol–water partition coefficient (Wildman–Crippen LogP) is 1.09. The Balaban J connectivity index is 2.61. The Morgan fingerprint density at radius 3 is 1.74 bits per heavy atom. The van der Waals surface area contributed by atoms with E-state index >= 15 is 0 Å². The van der Waals surface area contributed by atoms with Crippen molar-refractivity contribution in [1.82, 2.24) is 4.90 Å². The van der Waals surface area contributed by atoms with Crippen LogP contribution in [0.5, 0.6) is 0 Å². The first-order chi connectivity index (χ1) is 10.6. The van der Waals surface area contributed by atoms with Crippen molar-refractivity contribution in [3.63, 3.8) is 0 Å². The largest absolute Gasteiger partial charge is 0.294 e. The second kappa shape index (κ2) is 8.95. The van der Waals surface area contributed by atoms with E-state index in [1.807, 2.05) is 17.0 Å². The highest BCUT2D eigenvalue weighted by atomic mass is 35.5. The van der Waals surface area contributed by atoms with Gasteiger partial charge in [0.15, 0.2) is 0 Å². The number of benzene rings is 1. The van der Waals surface area contributed by atoms with Crippen molar-refractivity contribution in [2.75, 3.05) is 38.8 Å². The Morgan fingerprint density at radius 1 is 0.913 bits per heavy atom. The Morgan fingerprint density at radius 2 is 1.35 bits per heavy atom. The van der Waals surface area contributed by atoms with E-state index in [1.54, 1.807) is 12.1 Å². The van der Waals surface area contributed by atoms with Crippen LogP contribution < -0.4 is 0 Å². The molecule has 0 aliphatic heterocycles. The molecule has 7 nitrogen and oxygen atoms in total. The van der Waals surface area contributed by atoms with E-state index in [-0.39, 0.29) is 13.2 Å². The molecule has 0 aliphatic rings. The molecule has 0 unspecified atom stereocenters. The summed E-state index contributed by atoms with van der Waals surface area (Å²) in [4.78, 5) is 1.83. The lowest BCUT2D eigenvalue weighted by Gasteiger charge is -2.21. The monoisotopic (exact) mass is 385 g/mol. The molecule has 0 bridgehead atoms. The van der Waals surface area contributed by atoms with Crippen LogP contribution in [0.3, 0.4) is 0 Å². The summed E-state index contributed by atoms with van der Waals surface area (Å²) in [5.41, 5.74) is 0.952. The molecule has 0 N–H and O–H groups in total. The van der Waals surface area contributed by atoms with Crippen molar-refractivity contribution < 1.29 is 25.2 Å². The minimum atomic E-state index is -3.51. The number of nitrogens with zero attached hydrogens (tertiary/aromatic N) is 1. The molecule has 0 aromatic heterocycles. The lowest BCUT2D eigenvalue weighted by Crippen LogP contribution is -2.31. The highest BCUT2D eigenvalue weighted by molar-refractivity contribution is 7.86. The average Bonchev–Trinajstić information content (AvgIpc) is 2.38. The van der Waals surface area contributed by atoms with Crippen molar-refractivity contribution in [2.24, 2.45) is 0 Å². The first-order valence-corrected chi connectivity index (χ1v) is 10.7. The molecule has 0 heterocycles. The predicted molar refractivity (Wildman–Crippen MR) is 88.3 cm³/mol. The van der Waals surface area contributed by atoms with Crippen molar-refractivity contribution in [3.05, 3.63) is 34.9 Å². The van der Waals surface area contributed by atoms with Gasteiger partial charge in [0.25, 0.3) is 20.2 Å². The van der Waals surface area contributed by atoms with Gasteiger partial charge in [0.1, 0.15) is 0 Å². The van der Waals surface area contributed by atoms with Crippen LogP contribution in [0.4, 0.5) is 0 Å². The van der Waals surface area contributed by atoms with E-state index in [0.717, 1.165) is 18.1 Å². The van der Waals surface area contributed by atoms with E-state index in [4.69, 9.17) is 20.0 Å². The SMILES string of the molecule is CS(=O)(=O)OCCN(CCOS(C)(=O)=O)Cc1ccc(Cl)cc1. The van der Waals surface area contributed by atoms with Crippen molar-refractivity contribution in [2.45, 2.75) is 6.54 Å². The number of hydrogen-bond donors (Lipinski definition) is 0. The molecule has 1 rings (SSSR count). The fraction of sp³-hybridized carbons (Fsp3) is 0.538. The second-order valence-electron chi connectivity index (χ2n) is 4.95. The number of rotatable bonds is 10. The van der Waals surface area contributed by atoms with Crippen LogP contribution in [0.2, 0.25) is 5.02 Å². The van der Waals surface area contributed by atoms with Gasteiger partial charge in [-0.1, -0.05) is 23.7 Å². The van der Waals surface area contributed by atoms with Gasteiger partial charge >= 0.3 is 0 Å². The molecular weight excluding hydrogens is 366 g/mol. The van der Waals surface area contributed by atoms with E-state index < -0.39 is 20.2 Å². The molecule has 0 saturated carbocycles. The maximum atomic E-state index is 11.0. The standard InChI is InChI=1S/C13H20ClNO6S2/c1-22(16,17)20-9-7-15(8-10-21-23(2,18)19)11-12-3-5-13(14)6-4-12/h3-6H,7-11H2,1-2H3. The Labute approximate surface area is 142 Å². The molecule has 132 valence electrons. The van der Waals surface area contributed by atoms with Gasteiger partial charge in [0, 0.05) is 24.7 Å². The van der Waals surface area contributed by atoms with Gasteiger partial charge in [-0.2, -0.15) is 16.8 Å². The molecule has 1 aromatic carbocycles. The molecule has 0 fully saturated rings. The molecule has 1 aromatic rings. The third kappa shape index (κ3) is 10.6. The third-order valence-electron chi connectivity index (χ3n) is 2.73. The van der Waals surface area contributed by atoms with Crippen molar-refractivity contribution in [3.8, 4) is 0 Å². The zero-order chi connectivity index (χ0) is 17.5. The highest BCUT2D eigenvalue weighted by Crippen LogP contribution is 2.11. The van der Waals surface area contributed by atoms with Crippen LogP contribution in [-0.4, -0.2) is 60.6 Å². The normalized spacial score (nSPS) is 12.7. The van der Waals surface area contributed by atoms with E-state index in [9.17, 15) is 16.8 Å². The van der Waals surface area contributed by atoms with Gasteiger partial charge in [-0.05, 0) is 17.7 Å². The van der Waals surface area contributed by atoms with Crippen LogP contribution in [0, 0.1) is 0 Å². The molecule has 0 radical (unpaired) electrons. The zero-order valence-electron chi connectivity index (χ0n) is 12.9. The quantitative estimate of drug-likeness (QED) is 0.557. The van der Waals surface area contributed by atoms with E-state index in [0.29, 0.717) is 24.7 Å². The minimum absolute atomic E-state index is 0.0225. The lowest BCUT2D eigenvalue weighted by molar-refractivity contribution is 0.176. The summed E-state index contributed by atoms with van der Waals surface area (Å²) in [5, 5.41) is 0.612. The zero-order valence-corrected chi connectivity index (χ0v) is 15.3. The van der Waals surface area contributed by atoms with Gasteiger partial charge in [0.2, 0.25) is 0 Å². The fourth-order valence-corrected chi connectivity index (χ4v) is 2.63. The smallest absolute Gasteiger partial charge is 0.264 e. The molecule has 10 heteroatoms. The van der Waals surface area contributed by atoms with Crippen LogP contribution >= 0.6 is 11.6 Å². The maximum Gasteiger partial charge on any atom is 0.264 e. The van der Waals surface area contributed by atoms with Gasteiger partial charge in [-0.3, -0.25) is 13.3 Å². The first-order valence-electron chi connectivity index (χ1n) is 6.71. The Hall–Kier alpha value is -0.710. The summed E-state index contributed by atoms with van der Waals surface area (Å²) in [6.07, 6.45) is 1.95. The van der Waals surface area contributed by atoms with E-state index in [1.165, 1.54) is 0 Å². The second-order valence-corrected chi connectivity index (χ2v) is 8.68. The fourth-order valence-electron chi connectivity index (χ4n) is 1.75. The summed E-state index contributed by atoms with van der Waals surface area (Å²) < 4.78 is 53.4.